The monoisotopic (exact) mass is 247 g/mol. The predicted octanol–water partition coefficient (Wildman–Crippen LogP) is 0.563. The number of aromatic carboxylic acids is 1. The third-order valence-corrected chi connectivity index (χ3v) is 2.24. The molecule has 0 radical (unpaired) electrons. The molecule has 0 aliphatic carbocycles. The SMILES string of the molecule is CNCCn1c(C(=O)O)cnc1Br. The minimum Gasteiger partial charge on any atom is -0.477 e. The summed E-state index contributed by atoms with van der Waals surface area (Å²) in [5, 5.41) is 11.7. The highest BCUT2D eigenvalue weighted by Gasteiger charge is 2.12. The van der Waals surface area contributed by atoms with Crippen LogP contribution >= 0.6 is 15.9 Å². The van der Waals surface area contributed by atoms with Crippen molar-refractivity contribution >= 4 is 21.9 Å². The van der Waals surface area contributed by atoms with Crippen molar-refractivity contribution in [1.82, 2.24) is 14.9 Å². The molecule has 0 atom stereocenters. The second-order valence-electron chi connectivity index (χ2n) is 2.47. The molecule has 1 aromatic rings. The van der Waals surface area contributed by atoms with E-state index in [1.54, 1.807) is 4.57 Å². The molecule has 5 nitrogen and oxygen atoms in total. The van der Waals surface area contributed by atoms with Crippen LogP contribution in [0.25, 0.3) is 0 Å². The summed E-state index contributed by atoms with van der Waals surface area (Å²) in [7, 11) is 1.81. The van der Waals surface area contributed by atoms with Gasteiger partial charge in [0, 0.05) is 13.1 Å². The van der Waals surface area contributed by atoms with E-state index in [-0.39, 0.29) is 5.69 Å². The quantitative estimate of drug-likeness (QED) is 0.817. The summed E-state index contributed by atoms with van der Waals surface area (Å²) in [6.07, 6.45) is 1.34. The average molecular weight is 248 g/mol. The molecule has 0 aliphatic heterocycles. The van der Waals surface area contributed by atoms with E-state index in [4.69, 9.17) is 5.11 Å². The standard InChI is InChI=1S/C7H10BrN3O2/c1-9-2-3-11-5(6(12)13)4-10-7(11)8/h4,9H,2-3H2,1H3,(H,12,13). The van der Waals surface area contributed by atoms with Crippen LogP contribution in [0.4, 0.5) is 0 Å². The fraction of sp³-hybridized carbons (Fsp3) is 0.429. The Bertz CT molecular complexity index is 311. The maximum absolute atomic E-state index is 10.7. The molecule has 13 heavy (non-hydrogen) atoms. The molecule has 72 valence electrons. The summed E-state index contributed by atoms with van der Waals surface area (Å²) < 4.78 is 2.14. The Kier molecular flexibility index (Phi) is 3.44. The van der Waals surface area contributed by atoms with Gasteiger partial charge in [0.15, 0.2) is 4.73 Å². The molecule has 0 spiro atoms. The fourth-order valence-electron chi connectivity index (χ4n) is 0.960. The second kappa shape index (κ2) is 4.38. The number of carboxylic acids is 1. The van der Waals surface area contributed by atoms with Gasteiger partial charge >= 0.3 is 5.97 Å². The molecule has 0 saturated heterocycles. The van der Waals surface area contributed by atoms with Crippen molar-refractivity contribution in [2.24, 2.45) is 0 Å². The number of hydrogen-bond donors (Lipinski definition) is 2. The number of nitrogens with one attached hydrogen (secondary N) is 1. The number of hydrogen-bond acceptors (Lipinski definition) is 3. The van der Waals surface area contributed by atoms with Gasteiger partial charge in [-0.3, -0.25) is 0 Å². The molecule has 1 aromatic heterocycles. The number of likely N-dealkylation sites (N-methyl/N-ethyl adjacent to an activating group) is 1. The van der Waals surface area contributed by atoms with Gasteiger partial charge in [-0.1, -0.05) is 0 Å². The lowest BCUT2D eigenvalue weighted by atomic mass is 10.4. The van der Waals surface area contributed by atoms with E-state index in [1.165, 1.54) is 6.20 Å². The summed E-state index contributed by atoms with van der Waals surface area (Å²) in [5.41, 5.74) is 0.196. The van der Waals surface area contributed by atoms with Gasteiger partial charge < -0.3 is 15.0 Å². The van der Waals surface area contributed by atoms with Gasteiger partial charge in [-0.25, -0.2) is 9.78 Å². The number of aromatic nitrogens is 2. The Morgan fingerprint density at radius 1 is 1.85 bits per heavy atom. The van der Waals surface area contributed by atoms with Crippen molar-refractivity contribution in [1.29, 1.82) is 0 Å². The van der Waals surface area contributed by atoms with Crippen molar-refractivity contribution in [2.45, 2.75) is 6.54 Å². The number of halogens is 1. The van der Waals surface area contributed by atoms with Crippen molar-refractivity contribution in [3.63, 3.8) is 0 Å². The molecule has 0 fully saturated rings. The van der Waals surface area contributed by atoms with Gasteiger partial charge in [0.2, 0.25) is 0 Å². The van der Waals surface area contributed by atoms with Gasteiger partial charge in [-0.15, -0.1) is 0 Å². The fourth-order valence-corrected chi connectivity index (χ4v) is 1.43. The third-order valence-electron chi connectivity index (χ3n) is 1.61. The summed E-state index contributed by atoms with van der Waals surface area (Å²) >= 11 is 3.18. The van der Waals surface area contributed by atoms with E-state index in [0.29, 0.717) is 17.8 Å². The molecule has 0 amide bonds. The first-order valence-electron chi connectivity index (χ1n) is 3.75. The Balaban J connectivity index is 2.88. The molecule has 0 bridgehead atoms. The van der Waals surface area contributed by atoms with Gasteiger partial charge in [-0.05, 0) is 23.0 Å². The molecule has 1 rings (SSSR count). The highest BCUT2D eigenvalue weighted by Crippen LogP contribution is 2.11. The highest BCUT2D eigenvalue weighted by molar-refractivity contribution is 9.10. The first-order valence-corrected chi connectivity index (χ1v) is 4.55. The van der Waals surface area contributed by atoms with E-state index >= 15 is 0 Å². The molecule has 0 unspecified atom stereocenters. The van der Waals surface area contributed by atoms with Crippen LogP contribution in [0.5, 0.6) is 0 Å². The number of carboxylic acid groups (broad SMARTS) is 1. The molecular weight excluding hydrogens is 238 g/mol. The zero-order valence-electron chi connectivity index (χ0n) is 7.12. The predicted molar refractivity (Wildman–Crippen MR) is 50.8 cm³/mol. The number of carbonyl (C=O) groups is 1. The van der Waals surface area contributed by atoms with E-state index in [1.807, 2.05) is 7.05 Å². The van der Waals surface area contributed by atoms with Crippen LogP contribution in [0.1, 0.15) is 10.5 Å². The minimum absolute atomic E-state index is 0.196. The maximum atomic E-state index is 10.7. The van der Waals surface area contributed by atoms with Crippen LogP contribution in [-0.2, 0) is 6.54 Å². The summed E-state index contributed by atoms with van der Waals surface area (Å²) in [4.78, 5) is 14.6. The number of rotatable bonds is 4. The summed E-state index contributed by atoms with van der Waals surface area (Å²) in [6.45, 7) is 1.29. The summed E-state index contributed by atoms with van der Waals surface area (Å²) in [5.74, 6) is -0.964. The van der Waals surface area contributed by atoms with E-state index < -0.39 is 5.97 Å². The first-order chi connectivity index (χ1) is 6.16. The van der Waals surface area contributed by atoms with Crippen molar-refractivity contribution in [2.75, 3.05) is 13.6 Å². The molecule has 0 aliphatic rings. The van der Waals surface area contributed by atoms with Crippen LogP contribution in [0, 0.1) is 0 Å². The van der Waals surface area contributed by atoms with E-state index in [2.05, 4.69) is 26.2 Å². The molecule has 6 heteroatoms. The highest BCUT2D eigenvalue weighted by atomic mass is 79.9. The number of nitrogens with zero attached hydrogens (tertiary/aromatic N) is 2. The minimum atomic E-state index is -0.964. The van der Waals surface area contributed by atoms with Gasteiger partial charge in [0.1, 0.15) is 5.69 Å². The van der Waals surface area contributed by atoms with E-state index in [0.717, 1.165) is 0 Å². The third kappa shape index (κ3) is 2.28. The zero-order valence-corrected chi connectivity index (χ0v) is 8.71. The number of imidazole rings is 1. The Labute approximate surface area is 83.9 Å². The smallest absolute Gasteiger partial charge is 0.354 e. The van der Waals surface area contributed by atoms with Crippen LogP contribution in [-0.4, -0.2) is 34.2 Å². The Hall–Kier alpha value is -0.880. The molecular formula is C7H10BrN3O2. The van der Waals surface area contributed by atoms with Gasteiger partial charge in [-0.2, -0.15) is 0 Å². The van der Waals surface area contributed by atoms with Crippen molar-refractivity contribution < 1.29 is 9.90 Å². The van der Waals surface area contributed by atoms with Crippen LogP contribution in [0.15, 0.2) is 10.9 Å². The molecule has 1 heterocycles. The lowest BCUT2D eigenvalue weighted by molar-refractivity contribution is 0.0684. The zero-order chi connectivity index (χ0) is 9.84. The lowest BCUT2D eigenvalue weighted by Crippen LogP contribution is -2.18. The van der Waals surface area contributed by atoms with Crippen LogP contribution in [0.2, 0.25) is 0 Å². The average Bonchev–Trinajstić information content (AvgIpc) is 2.43. The lowest BCUT2D eigenvalue weighted by Gasteiger charge is -2.05. The second-order valence-corrected chi connectivity index (χ2v) is 3.18. The largest absolute Gasteiger partial charge is 0.477 e. The van der Waals surface area contributed by atoms with Crippen molar-refractivity contribution in [3.8, 4) is 0 Å². The normalized spacial score (nSPS) is 10.3. The van der Waals surface area contributed by atoms with Crippen molar-refractivity contribution in [3.05, 3.63) is 16.6 Å². The summed E-state index contributed by atoms with van der Waals surface area (Å²) in [6, 6.07) is 0. The molecule has 0 aromatic carbocycles. The molecule has 2 N–H and O–H groups in total. The molecule has 0 saturated carbocycles. The van der Waals surface area contributed by atoms with Crippen LogP contribution < -0.4 is 5.32 Å². The maximum Gasteiger partial charge on any atom is 0.354 e. The first kappa shape index (κ1) is 10.2. The Morgan fingerprint density at radius 2 is 2.54 bits per heavy atom. The van der Waals surface area contributed by atoms with Crippen LogP contribution in [0.3, 0.4) is 0 Å². The Morgan fingerprint density at radius 3 is 3.08 bits per heavy atom. The van der Waals surface area contributed by atoms with Gasteiger partial charge in [0.25, 0.3) is 0 Å². The van der Waals surface area contributed by atoms with E-state index in [9.17, 15) is 4.79 Å². The topological polar surface area (TPSA) is 67.2 Å². The van der Waals surface area contributed by atoms with Gasteiger partial charge in [0.05, 0.1) is 6.20 Å².